The molecule has 0 saturated heterocycles. The number of hydrogen-bond donors (Lipinski definition) is 1. The van der Waals surface area contributed by atoms with Crippen molar-refractivity contribution in [3.8, 4) is 17.2 Å². The molecular formula is C17H11F3N4O2. The van der Waals surface area contributed by atoms with Gasteiger partial charge in [0, 0.05) is 11.8 Å². The van der Waals surface area contributed by atoms with E-state index in [2.05, 4.69) is 25.1 Å². The Morgan fingerprint density at radius 3 is 2.65 bits per heavy atom. The average Bonchev–Trinajstić information content (AvgIpc) is 3.24. The van der Waals surface area contributed by atoms with Crippen molar-refractivity contribution in [2.24, 2.45) is 0 Å². The minimum atomic E-state index is -4.71. The standard InChI is InChI=1S/C17H11F3N4O2/c18-17(19,20)25-11-6-4-10(5-7-11)8-15-22-16(26-24-15)12-2-1-3-14-13(12)9-21-23-14/h1-7,9H,8H2,(H,21,23). The fourth-order valence-electron chi connectivity index (χ4n) is 2.58. The van der Waals surface area contributed by atoms with Gasteiger partial charge in [0.2, 0.25) is 0 Å². The van der Waals surface area contributed by atoms with Crippen LogP contribution in [0.5, 0.6) is 5.75 Å². The molecule has 0 amide bonds. The molecule has 0 fully saturated rings. The average molecular weight is 360 g/mol. The Bertz CT molecular complexity index is 1040. The second-order valence-corrected chi connectivity index (χ2v) is 5.52. The fourth-order valence-corrected chi connectivity index (χ4v) is 2.58. The highest BCUT2D eigenvalue weighted by Gasteiger charge is 2.30. The summed E-state index contributed by atoms with van der Waals surface area (Å²) in [5.74, 6) is 0.496. The quantitative estimate of drug-likeness (QED) is 0.593. The third-order valence-electron chi connectivity index (χ3n) is 3.70. The molecule has 0 saturated carbocycles. The minimum Gasteiger partial charge on any atom is -0.406 e. The lowest BCUT2D eigenvalue weighted by atomic mass is 10.1. The largest absolute Gasteiger partial charge is 0.573 e. The van der Waals surface area contributed by atoms with Crippen LogP contribution in [0, 0.1) is 0 Å². The predicted molar refractivity (Wildman–Crippen MR) is 85.3 cm³/mol. The number of halogens is 3. The Morgan fingerprint density at radius 1 is 1.08 bits per heavy atom. The van der Waals surface area contributed by atoms with Crippen molar-refractivity contribution in [3.63, 3.8) is 0 Å². The van der Waals surface area contributed by atoms with Gasteiger partial charge in [-0.25, -0.2) is 0 Å². The van der Waals surface area contributed by atoms with E-state index >= 15 is 0 Å². The summed E-state index contributed by atoms with van der Waals surface area (Å²) in [6.07, 6.45) is -2.72. The van der Waals surface area contributed by atoms with Crippen molar-refractivity contribution in [3.05, 3.63) is 60.0 Å². The van der Waals surface area contributed by atoms with Crippen molar-refractivity contribution in [2.45, 2.75) is 12.8 Å². The zero-order chi connectivity index (χ0) is 18.1. The van der Waals surface area contributed by atoms with Gasteiger partial charge in [0.25, 0.3) is 5.89 Å². The normalized spacial score (nSPS) is 11.8. The Labute approximate surface area is 144 Å². The number of rotatable bonds is 4. The second-order valence-electron chi connectivity index (χ2n) is 5.52. The molecule has 6 nitrogen and oxygen atoms in total. The van der Waals surface area contributed by atoms with Gasteiger partial charge in [-0.3, -0.25) is 5.10 Å². The summed E-state index contributed by atoms with van der Waals surface area (Å²) in [6, 6.07) is 11.1. The van der Waals surface area contributed by atoms with Crippen molar-refractivity contribution in [1.29, 1.82) is 0 Å². The van der Waals surface area contributed by atoms with Crippen LogP contribution >= 0.6 is 0 Å². The van der Waals surface area contributed by atoms with Gasteiger partial charge < -0.3 is 9.26 Å². The van der Waals surface area contributed by atoms with E-state index in [0.29, 0.717) is 18.1 Å². The van der Waals surface area contributed by atoms with Crippen LogP contribution in [0.4, 0.5) is 13.2 Å². The monoisotopic (exact) mass is 360 g/mol. The van der Waals surface area contributed by atoms with Gasteiger partial charge in [0.15, 0.2) is 5.82 Å². The molecule has 2 aromatic heterocycles. The Kier molecular flexibility index (Phi) is 3.83. The number of H-pyrrole nitrogens is 1. The number of nitrogens with one attached hydrogen (secondary N) is 1. The van der Waals surface area contributed by atoms with E-state index < -0.39 is 6.36 Å². The minimum absolute atomic E-state index is 0.276. The highest BCUT2D eigenvalue weighted by atomic mass is 19.4. The molecule has 4 rings (SSSR count). The van der Waals surface area contributed by atoms with Crippen molar-refractivity contribution in [1.82, 2.24) is 20.3 Å². The first-order chi connectivity index (χ1) is 12.5. The Morgan fingerprint density at radius 2 is 1.88 bits per heavy atom. The Hall–Kier alpha value is -3.36. The first kappa shape index (κ1) is 16.1. The lowest BCUT2D eigenvalue weighted by Gasteiger charge is -2.08. The topological polar surface area (TPSA) is 76.8 Å². The van der Waals surface area contributed by atoms with E-state index in [0.717, 1.165) is 22.0 Å². The van der Waals surface area contributed by atoms with Gasteiger partial charge in [-0.1, -0.05) is 23.4 Å². The smallest absolute Gasteiger partial charge is 0.406 e. The number of fused-ring (bicyclic) bond motifs is 1. The molecule has 9 heteroatoms. The zero-order valence-electron chi connectivity index (χ0n) is 13.1. The first-order valence-corrected chi connectivity index (χ1v) is 7.58. The molecule has 2 aromatic carbocycles. The van der Waals surface area contributed by atoms with E-state index in [1.165, 1.54) is 24.3 Å². The molecule has 0 radical (unpaired) electrons. The molecule has 1 N–H and O–H groups in total. The van der Waals surface area contributed by atoms with E-state index in [1.807, 2.05) is 18.2 Å². The van der Waals surface area contributed by atoms with Crippen LogP contribution in [0.1, 0.15) is 11.4 Å². The molecule has 0 aliphatic heterocycles. The van der Waals surface area contributed by atoms with E-state index in [4.69, 9.17) is 4.52 Å². The summed E-state index contributed by atoms with van der Waals surface area (Å²) in [7, 11) is 0. The van der Waals surface area contributed by atoms with Crippen molar-refractivity contribution in [2.75, 3.05) is 0 Å². The summed E-state index contributed by atoms with van der Waals surface area (Å²) < 4.78 is 45.7. The second kappa shape index (κ2) is 6.17. The van der Waals surface area contributed by atoms with Gasteiger partial charge in [0.1, 0.15) is 5.75 Å². The number of alkyl halides is 3. The molecule has 0 atom stereocenters. The van der Waals surface area contributed by atoms with Gasteiger partial charge in [-0.05, 0) is 29.8 Å². The van der Waals surface area contributed by atoms with Crippen LogP contribution in [0.3, 0.4) is 0 Å². The third-order valence-corrected chi connectivity index (χ3v) is 3.70. The maximum absolute atomic E-state index is 12.2. The lowest BCUT2D eigenvalue weighted by Crippen LogP contribution is -2.17. The predicted octanol–water partition coefficient (Wildman–Crippen LogP) is 4.10. The molecule has 4 aromatic rings. The molecule has 0 spiro atoms. The SMILES string of the molecule is FC(F)(F)Oc1ccc(Cc2noc(-c3cccc4[nH]ncc34)n2)cc1. The maximum atomic E-state index is 12.2. The van der Waals surface area contributed by atoms with Crippen molar-refractivity contribution >= 4 is 10.9 Å². The summed E-state index contributed by atoms with van der Waals surface area (Å²) in [5, 5.41) is 11.6. The highest BCUT2D eigenvalue weighted by Crippen LogP contribution is 2.27. The van der Waals surface area contributed by atoms with E-state index in [1.54, 1.807) is 6.20 Å². The van der Waals surface area contributed by atoms with Crippen LogP contribution in [0.2, 0.25) is 0 Å². The van der Waals surface area contributed by atoms with Gasteiger partial charge in [-0.2, -0.15) is 10.1 Å². The highest BCUT2D eigenvalue weighted by molar-refractivity contribution is 5.91. The number of nitrogens with zero attached hydrogens (tertiary/aromatic N) is 3. The number of aromatic nitrogens is 4. The molecule has 0 aliphatic rings. The van der Waals surface area contributed by atoms with Crippen LogP contribution in [-0.4, -0.2) is 26.7 Å². The van der Waals surface area contributed by atoms with Crippen LogP contribution in [0.25, 0.3) is 22.4 Å². The first-order valence-electron chi connectivity index (χ1n) is 7.58. The molecule has 132 valence electrons. The van der Waals surface area contributed by atoms with E-state index in [9.17, 15) is 13.2 Å². The molecule has 0 aliphatic carbocycles. The number of ether oxygens (including phenoxy) is 1. The Balaban J connectivity index is 1.53. The fraction of sp³-hybridized carbons (Fsp3) is 0.118. The summed E-state index contributed by atoms with van der Waals surface area (Å²) >= 11 is 0. The van der Waals surface area contributed by atoms with E-state index in [-0.39, 0.29) is 5.75 Å². The third kappa shape index (κ3) is 3.37. The van der Waals surface area contributed by atoms with Gasteiger partial charge >= 0.3 is 6.36 Å². The maximum Gasteiger partial charge on any atom is 0.573 e. The van der Waals surface area contributed by atoms with Crippen LogP contribution in [-0.2, 0) is 6.42 Å². The molecule has 0 unspecified atom stereocenters. The van der Waals surface area contributed by atoms with Crippen LogP contribution in [0.15, 0.2) is 53.2 Å². The molecule has 0 bridgehead atoms. The van der Waals surface area contributed by atoms with Gasteiger partial charge in [-0.15, -0.1) is 13.2 Å². The lowest BCUT2D eigenvalue weighted by molar-refractivity contribution is -0.274. The summed E-state index contributed by atoms with van der Waals surface area (Å²) in [4.78, 5) is 4.36. The van der Waals surface area contributed by atoms with Crippen molar-refractivity contribution < 1.29 is 22.4 Å². The molecule has 26 heavy (non-hydrogen) atoms. The van der Waals surface area contributed by atoms with Crippen LogP contribution < -0.4 is 4.74 Å². The molecular weight excluding hydrogens is 349 g/mol. The summed E-state index contributed by atoms with van der Waals surface area (Å²) in [5.41, 5.74) is 2.33. The number of benzene rings is 2. The molecule has 2 heterocycles. The summed E-state index contributed by atoms with van der Waals surface area (Å²) in [6.45, 7) is 0. The van der Waals surface area contributed by atoms with Gasteiger partial charge in [0.05, 0.1) is 17.3 Å². The number of aromatic amines is 1. The number of hydrogen-bond acceptors (Lipinski definition) is 5. The zero-order valence-corrected chi connectivity index (χ0v) is 13.1.